The minimum absolute atomic E-state index is 0.0175. The highest BCUT2D eigenvalue weighted by Gasteiger charge is 2.17. The summed E-state index contributed by atoms with van der Waals surface area (Å²) in [5.74, 6) is -0.193. The average molecular weight is 234 g/mol. The molecule has 0 aliphatic rings. The second kappa shape index (κ2) is 3.80. The molecule has 0 atom stereocenters. The summed E-state index contributed by atoms with van der Waals surface area (Å²) < 4.78 is 5.12. The molecule has 0 fully saturated rings. The van der Waals surface area contributed by atoms with Gasteiger partial charge in [0.25, 0.3) is 0 Å². The summed E-state index contributed by atoms with van der Waals surface area (Å²) >= 11 is 0. The second-order valence-electron chi connectivity index (χ2n) is 4.42. The number of hydrogen-bond acceptors (Lipinski definition) is 4. The highest BCUT2D eigenvalue weighted by Crippen LogP contribution is 2.33. The summed E-state index contributed by atoms with van der Waals surface area (Å²) in [7, 11) is 0. The molecule has 1 aromatic carbocycles. The number of fused-ring (bicyclic) bond motifs is 1. The van der Waals surface area contributed by atoms with Gasteiger partial charge in [0.2, 0.25) is 0 Å². The van der Waals surface area contributed by atoms with Crippen LogP contribution in [0.4, 0.5) is 0 Å². The fourth-order valence-electron chi connectivity index (χ4n) is 2.16. The molecule has 0 aliphatic heterocycles. The molecule has 2 rings (SSSR count). The Morgan fingerprint density at radius 1 is 1.24 bits per heavy atom. The van der Waals surface area contributed by atoms with Crippen molar-refractivity contribution in [1.82, 2.24) is 0 Å². The lowest BCUT2D eigenvalue weighted by atomic mass is 9.97. The van der Waals surface area contributed by atoms with Gasteiger partial charge in [0, 0.05) is 17.7 Å². The van der Waals surface area contributed by atoms with Crippen LogP contribution in [-0.4, -0.2) is 10.2 Å². The van der Waals surface area contributed by atoms with Crippen LogP contribution in [-0.2, 0) is 0 Å². The lowest BCUT2D eigenvalue weighted by molar-refractivity contribution is 0.450. The Morgan fingerprint density at radius 2 is 1.88 bits per heavy atom. The number of phenols is 2. The number of hydrogen-bond donors (Lipinski definition) is 2. The topological polar surface area (TPSA) is 70.7 Å². The monoisotopic (exact) mass is 234 g/mol. The summed E-state index contributed by atoms with van der Waals surface area (Å²) in [5, 5.41) is 19.6. The van der Waals surface area contributed by atoms with E-state index in [1.807, 2.05) is 13.8 Å². The molecule has 4 heteroatoms. The Morgan fingerprint density at radius 3 is 2.47 bits per heavy atom. The highest BCUT2D eigenvalue weighted by molar-refractivity contribution is 5.88. The van der Waals surface area contributed by atoms with Gasteiger partial charge in [0.15, 0.2) is 0 Å². The van der Waals surface area contributed by atoms with Crippen LogP contribution < -0.4 is 5.63 Å². The Hall–Kier alpha value is -1.97. The van der Waals surface area contributed by atoms with Gasteiger partial charge in [-0.15, -0.1) is 0 Å². The van der Waals surface area contributed by atoms with Crippen molar-refractivity contribution in [3.8, 4) is 11.5 Å². The van der Waals surface area contributed by atoms with Crippen molar-refractivity contribution in [3.63, 3.8) is 0 Å². The maximum Gasteiger partial charge on any atom is 0.339 e. The molecule has 2 N–H and O–H groups in total. The molecule has 0 saturated heterocycles. The van der Waals surface area contributed by atoms with E-state index in [1.165, 1.54) is 12.1 Å². The van der Waals surface area contributed by atoms with Crippen LogP contribution in [0, 0.1) is 6.92 Å². The van der Waals surface area contributed by atoms with Crippen LogP contribution in [0.2, 0.25) is 0 Å². The predicted molar refractivity (Wildman–Crippen MR) is 64.6 cm³/mol. The van der Waals surface area contributed by atoms with Gasteiger partial charge in [-0.1, -0.05) is 13.8 Å². The fraction of sp³-hybridized carbons (Fsp3) is 0.308. The van der Waals surface area contributed by atoms with E-state index in [4.69, 9.17) is 4.42 Å². The molecule has 0 bridgehead atoms. The summed E-state index contributed by atoms with van der Waals surface area (Å²) in [6.07, 6.45) is 0. The quantitative estimate of drug-likeness (QED) is 0.744. The Balaban J connectivity index is 2.97. The molecule has 0 unspecified atom stereocenters. The zero-order valence-corrected chi connectivity index (χ0v) is 9.94. The fourth-order valence-corrected chi connectivity index (χ4v) is 2.16. The third-order valence-corrected chi connectivity index (χ3v) is 2.85. The molecule has 2 aromatic rings. The largest absolute Gasteiger partial charge is 0.508 e. The van der Waals surface area contributed by atoms with E-state index in [-0.39, 0.29) is 23.0 Å². The van der Waals surface area contributed by atoms with Crippen LogP contribution >= 0.6 is 0 Å². The number of benzene rings is 1. The summed E-state index contributed by atoms with van der Waals surface area (Å²) in [4.78, 5) is 11.8. The van der Waals surface area contributed by atoms with Gasteiger partial charge in [-0.2, -0.15) is 0 Å². The van der Waals surface area contributed by atoms with Crippen molar-refractivity contribution in [1.29, 1.82) is 0 Å². The van der Waals surface area contributed by atoms with E-state index in [2.05, 4.69) is 0 Å². The lowest BCUT2D eigenvalue weighted by Crippen LogP contribution is -2.11. The maximum absolute atomic E-state index is 11.8. The van der Waals surface area contributed by atoms with Crippen LogP contribution in [0.15, 0.2) is 21.3 Å². The van der Waals surface area contributed by atoms with Gasteiger partial charge >= 0.3 is 5.63 Å². The number of aryl methyl sites for hydroxylation is 1. The minimum atomic E-state index is -0.421. The molecule has 4 nitrogen and oxygen atoms in total. The lowest BCUT2D eigenvalue weighted by Gasteiger charge is -2.11. The standard InChI is InChI=1S/C13H14O4/c1-6(2)11-7(3)12-9(15)4-8(14)5-10(12)17-13(11)16/h4-6,14-15H,1-3H3. The van der Waals surface area contributed by atoms with Crippen LogP contribution in [0.3, 0.4) is 0 Å². The minimum Gasteiger partial charge on any atom is -0.508 e. The third kappa shape index (κ3) is 1.75. The van der Waals surface area contributed by atoms with Crippen molar-refractivity contribution >= 4 is 11.0 Å². The van der Waals surface area contributed by atoms with Crippen molar-refractivity contribution in [2.24, 2.45) is 0 Å². The highest BCUT2D eigenvalue weighted by atomic mass is 16.4. The van der Waals surface area contributed by atoms with Gasteiger partial charge in [0.05, 0.1) is 5.39 Å². The molecule has 1 aromatic heterocycles. The van der Waals surface area contributed by atoms with Crippen molar-refractivity contribution in [2.45, 2.75) is 26.7 Å². The molecule has 0 aliphatic carbocycles. The van der Waals surface area contributed by atoms with E-state index in [0.717, 1.165) is 0 Å². The third-order valence-electron chi connectivity index (χ3n) is 2.85. The maximum atomic E-state index is 11.8. The smallest absolute Gasteiger partial charge is 0.339 e. The predicted octanol–water partition coefficient (Wildman–Crippen LogP) is 2.64. The van der Waals surface area contributed by atoms with Crippen molar-refractivity contribution < 1.29 is 14.6 Å². The second-order valence-corrected chi connectivity index (χ2v) is 4.42. The van der Waals surface area contributed by atoms with Crippen LogP contribution in [0.5, 0.6) is 11.5 Å². The molecule has 0 amide bonds. The first-order valence-electron chi connectivity index (χ1n) is 5.41. The molecule has 1 heterocycles. The number of phenolic OH excluding ortho intramolecular Hbond substituents is 2. The van der Waals surface area contributed by atoms with E-state index < -0.39 is 5.63 Å². The molecule has 17 heavy (non-hydrogen) atoms. The molecule has 0 saturated carbocycles. The molecular formula is C13H14O4. The Bertz CT molecular complexity index is 638. The summed E-state index contributed by atoms with van der Waals surface area (Å²) in [5.41, 5.74) is 1.03. The number of aromatic hydroxyl groups is 2. The molecule has 90 valence electrons. The van der Waals surface area contributed by atoms with Crippen molar-refractivity contribution in [3.05, 3.63) is 33.7 Å². The SMILES string of the molecule is Cc1c(C(C)C)c(=O)oc2cc(O)cc(O)c12. The summed E-state index contributed by atoms with van der Waals surface area (Å²) in [6, 6.07) is 2.56. The van der Waals surface area contributed by atoms with E-state index in [9.17, 15) is 15.0 Å². The van der Waals surface area contributed by atoms with Gasteiger partial charge in [-0.3, -0.25) is 0 Å². The van der Waals surface area contributed by atoms with Gasteiger partial charge < -0.3 is 14.6 Å². The molecule has 0 spiro atoms. The van der Waals surface area contributed by atoms with Gasteiger partial charge in [-0.05, 0) is 18.4 Å². The van der Waals surface area contributed by atoms with E-state index in [1.54, 1.807) is 6.92 Å². The summed E-state index contributed by atoms with van der Waals surface area (Å²) in [6.45, 7) is 5.55. The number of rotatable bonds is 1. The Labute approximate surface area is 98.1 Å². The zero-order chi connectivity index (χ0) is 12.7. The van der Waals surface area contributed by atoms with Crippen LogP contribution in [0.1, 0.15) is 30.9 Å². The van der Waals surface area contributed by atoms with E-state index in [0.29, 0.717) is 16.5 Å². The van der Waals surface area contributed by atoms with Gasteiger partial charge in [-0.25, -0.2) is 4.79 Å². The zero-order valence-electron chi connectivity index (χ0n) is 9.94. The van der Waals surface area contributed by atoms with Crippen molar-refractivity contribution in [2.75, 3.05) is 0 Å². The normalized spacial score (nSPS) is 11.3. The first kappa shape index (κ1) is 11.5. The first-order valence-corrected chi connectivity index (χ1v) is 5.41. The molecule has 0 radical (unpaired) electrons. The van der Waals surface area contributed by atoms with E-state index >= 15 is 0 Å². The van der Waals surface area contributed by atoms with Gasteiger partial charge in [0.1, 0.15) is 17.1 Å². The Kier molecular flexibility index (Phi) is 2.58. The molecular weight excluding hydrogens is 220 g/mol. The van der Waals surface area contributed by atoms with Crippen LogP contribution in [0.25, 0.3) is 11.0 Å². The average Bonchev–Trinajstić information content (AvgIpc) is 2.13. The first-order chi connectivity index (χ1) is 7.91.